The molecule has 8 aromatic carbocycles. The Kier molecular flexibility index (Phi) is 12.4. The SMILES string of the molecule is CC(C)(C)c1ccc(N(c2ccc(C(C)(C)C)cc2)c2cc(N3c4ccc(C(C)(C)C)cc4B4c5cc(C(C)(C)C)ccc5N(c5ccc(C(C)(C)C)cc5)c5cc(C(C)(C)C)cc3c54)cc3c2-c2ccccc2C3(C)C)cc1. The molecule has 0 N–H and O–H groups in total. The molecule has 0 fully saturated rings. The van der Waals surface area contributed by atoms with Crippen molar-refractivity contribution in [3.63, 3.8) is 0 Å². The van der Waals surface area contributed by atoms with E-state index in [0.29, 0.717) is 0 Å². The Morgan fingerprint density at radius 3 is 1.18 bits per heavy atom. The van der Waals surface area contributed by atoms with Crippen molar-refractivity contribution < 1.29 is 0 Å². The summed E-state index contributed by atoms with van der Waals surface area (Å²) in [5, 5.41) is 0. The maximum atomic E-state index is 2.68. The van der Waals surface area contributed by atoms with Crippen LogP contribution in [0.5, 0.6) is 0 Å². The lowest BCUT2D eigenvalue weighted by Gasteiger charge is -2.46. The predicted octanol–water partition coefficient (Wildman–Crippen LogP) is 19.3. The minimum atomic E-state index is -0.295. The molecule has 3 aliphatic rings. The number of anilines is 9. The molecule has 11 rings (SSSR count). The standard InChI is InChI=1S/C75H86BN3/c1-69(2,3)47-25-33-53(34-26-47)77(54-35-27-48(28-36-54)70(4,5)6)64-46-56(45-59-67(64)57-23-21-22-24-58(57)75(59,19)20)79-63-40-32-51(73(13,14)15)42-61(63)76-60-41-50(72(10,11)12)31-39-62(60)78(55-37-29-49(30-38-55)71(7,8)9)65-43-52(74(16,17)18)44-66(79)68(65)76/h21-46H,1-20H3. The Hall–Kier alpha value is -6.78. The van der Waals surface area contributed by atoms with Crippen LogP contribution in [0.25, 0.3) is 11.1 Å². The molecular formula is C75H86BN3. The Morgan fingerprint density at radius 2 is 0.747 bits per heavy atom. The van der Waals surface area contributed by atoms with Crippen molar-refractivity contribution in [1.82, 2.24) is 0 Å². The second-order valence-corrected chi connectivity index (χ2v) is 30.1. The summed E-state index contributed by atoms with van der Waals surface area (Å²) in [7, 11) is 0. The summed E-state index contributed by atoms with van der Waals surface area (Å²) < 4.78 is 0. The second-order valence-electron chi connectivity index (χ2n) is 30.1. The molecule has 8 aromatic rings. The van der Waals surface area contributed by atoms with Gasteiger partial charge in [0.2, 0.25) is 0 Å². The topological polar surface area (TPSA) is 9.72 Å². The van der Waals surface area contributed by atoms with E-state index < -0.39 is 0 Å². The van der Waals surface area contributed by atoms with Gasteiger partial charge in [-0.3, -0.25) is 0 Å². The highest BCUT2D eigenvalue weighted by atomic mass is 15.2. The van der Waals surface area contributed by atoms with E-state index in [4.69, 9.17) is 0 Å². The first kappa shape index (κ1) is 54.2. The fraction of sp³-hybridized carbons (Fsp3) is 0.360. The van der Waals surface area contributed by atoms with Gasteiger partial charge in [-0.05, 0) is 172 Å². The molecule has 0 unspecified atom stereocenters. The van der Waals surface area contributed by atoms with Crippen molar-refractivity contribution in [2.45, 2.75) is 176 Å². The lowest BCUT2D eigenvalue weighted by molar-refractivity contribution is 0.589. The van der Waals surface area contributed by atoms with Crippen LogP contribution < -0.4 is 31.1 Å². The zero-order valence-corrected chi connectivity index (χ0v) is 51.4. The fourth-order valence-electron chi connectivity index (χ4n) is 12.8. The second kappa shape index (κ2) is 18.1. The van der Waals surface area contributed by atoms with Gasteiger partial charge in [-0.25, -0.2) is 0 Å². The average molecular weight is 1040 g/mol. The van der Waals surface area contributed by atoms with Gasteiger partial charge in [0.15, 0.2) is 0 Å². The summed E-state index contributed by atoms with van der Waals surface area (Å²) in [4.78, 5) is 7.84. The van der Waals surface area contributed by atoms with Gasteiger partial charge in [0, 0.05) is 56.5 Å². The first-order valence-corrected chi connectivity index (χ1v) is 29.2. The number of benzene rings is 8. The first-order chi connectivity index (χ1) is 36.7. The van der Waals surface area contributed by atoms with Crippen LogP contribution >= 0.6 is 0 Å². The quantitative estimate of drug-likeness (QED) is 0.159. The van der Waals surface area contributed by atoms with Crippen LogP contribution in [0.15, 0.2) is 158 Å². The van der Waals surface area contributed by atoms with Crippen LogP contribution in [0.4, 0.5) is 51.2 Å². The molecule has 0 atom stereocenters. The third-order valence-corrected chi connectivity index (χ3v) is 17.8. The number of nitrogens with zero attached hydrogens (tertiary/aromatic N) is 3. The third-order valence-electron chi connectivity index (χ3n) is 17.8. The molecule has 1 aliphatic carbocycles. The minimum Gasteiger partial charge on any atom is -0.311 e. The number of hydrogen-bond acceptors (Lipinski definition) is 3. The molecule has 79 heavy (non-hydrogen) atoms. The van der Waals surface area contributed by atoms with Gasteiger partial charge in [0.05, 0.1) is 5.69 Å². The fourth-order valence-corrected chi connectivity index (χ4v) is 12.8. The highest BCUT2D eigenvalue weighted by Crippen LogP contribution is 2.57. The molecule has 0 saturated carbocycles. The summed E-state index contributed by atoms with van der Waals surface area (Å²) in [5.41, 5.74) is 27.5. The van der Waals surface area contributed by atoms with Crippen LogP contribution in [0.1, 0.15) is 183 Å². The van der Waals surface area contributed by atoms with Crippen LogP contribution in [-0.2, 0) is 37.9 Å². The largest absolute Gasteiger partial charge is 0.311 e. The normalized spacial score (nSPS) is 14.9. The molecule has 0 saturated heterocycles. The summed E-state index contributed by atoms with van der Waals surface area (Å²) in [5.74, 6) is 0. The maximum Gasteiger partial charge on any atom is 0.252 e. The van der Waals surface area contributed by atoms with E-state index in [9.17, 15) is 0 Å². The molecular weight excluding hydrogens is 954 g/mol. The molecule has 404 valence electrons. The van der Waals surface area contributed by atoms with Crippen LogP contribution in [0.2, 0.25) is 0 Å². The molecule has 4 heteroatoms. The molecule has 2 heterocycles. The molecule has 2 aliphatic heterocycles. The van der Waals surface area contributed by atoms with E-state index in [-0.39, 0.29) is 44.6 Å². The lowest BCUT2D eigenvalue weighted by Crippen LogP contribution is -2.61. The lowest BCUT2D eigenvalue weighted by atomic mass is 9.33. The number of hydrogen-bond donors (Lipinski definition) is 0. The van der Waals surface area contributed by atoms with Gasteiger partial charge in [0.25, 0.3) is 6.71 Å². The van der Waals surface area contributed by atoms with E-state index in [2.05, 4.69) is 311 Å². The van der Waals surface area contributed by atoms with Gasteiger partial charge in [-0.15, -0.1) is 0 Å². The summed E-state index contributed by atoms with van der Waals surface area (Å²) >= 11 is 0. The summed E-state index contributed by atoms with van der Waals surface area (Å²) in [6.07, 6.45) is 0. The first-order valence-electron chi connectivity index (χ1n) is 29.2. The van der Waals surface area contributed by atoms with E-state index in [1.165, 1.54) is 106 Å². The molecule has 0 aromatic heterocycles. The molecule has 0 amide bonds. The van der Waals surface area contributed by atoms with Crippen LogP contribution in [0, 0.1) is 0 Å². The van der Waals surface area contributed by atoms with E-state index in [1.54, 1.807) is 0 Å². The van der Waals surface area contributed by atoms with E-state index in [0.717, 1.165) is 17.1 Å². The average Bonchev–Trinajstić information content (AvgIpc) is 3.28. The molecule has 3 nitrogen and oxygen atoms in total. The van der Waals surface area contributed by atoms with Gasteiger partial charge < -0.3 is 14.7 Å². The third kappa shape index (κ3) is 9.24. The molecule has 0 radical (unpaired) electrons. The van der Waals surface area contributed by atoms with Crippen molar-refractivity contribution in [2.75, 3.05) is 14.7 Å². The predicted molar refractivity (Wildman–Crippen MR) is 345 cm³/mol. The summed E-state index contributed by atoms with van der Waals surface area (Å²) in [6, 6.07) is 62.5. The van der Waals surface area contributed by atoms with Crippen molar-refractivity contribution in [1.29, 1.82) is 0 Å². The maximum absolute atomic E-state index is 2.68. The zero-order chi connectivity index (χ0) is 56.9. The van der Waals surface area contributed by atoms with E-state index >= 15 is 0 Å². The smallest absolute Gasteiger partial charge is 0.252 e. The van der Waals surface area contributed by atoms with Crippen LogP contribution in [0.3, 0.4) is 0 Å². The minimum absolute atomic E-state index is 0.00915. The Balaban J connectivity index is 1.27. The highest BCUT2D eigenvalue weighted by molar-refractivity contribution is 7.00. The van der Waals surface area contributed by atoms with Crippen molar-refractivity contribution in [3.05, 3.63) is 202 Å². The van der Waals surface area contributed by atoms with Gasteiger partial charge in [-0.2, -0.15) is 0 Å². The molecule has 0 bridgehead atoms. The Morgan fingerprint density at radius 1 is 0.354 bits per heavy atom. The van der Waals surface area contributed by atoms with Gasteiger partial charge >= 0.3 is 0 Å². The Labute approximate surface area is 476 Å². The van der Waals surface area contributed by atoms with E-state index in [1.807, 2.05) is 0 Å². The molecule has 0 spiro atoms. The van der Waals surface area contributed by atoms with Crippen LogP contribution in [-0.4, -0.2) is 6.71 Å². The highest BCUT2D eigenvalue weighted by Gasteiger charge is 2.46. The summed E-state index contributed by atoms with van der Waals surface area (Å²) in [6.45, 7) is 47.0. The monoisotopic (exact) mass is 1040 g/mol. The van der Waals surface area contributed by atoms with Crippen molar-refractivity contribution in [3.8, 4) is 11.1 Å². The number of fused-ring (bicyclic) bond motifs is 7. The van der Waals surface area contributed by atoms with Gasteiger partial charge in [-0.1, -0.05) is 223 Å². The van der Waals surface area contributed by atoms with Crippen molar-refractivity contribution >= 4 is 74.3 Å². The number of rotatable bonds is 5. The Bertz CT molecular complexity index is 3620. The zero-order valence-electron chi connectivity index (χ0n) is 51.4. The van der Waals surface area contributed by atoms with Crippen molar-refractivity contribution in [2.24, 2.45) is 0 Å². The van der Waals surface area contributed by atoms with Gasteiger partial charge in [0.1, 0.15) is 0 Å².